The summed E-state index contributed by atoms with van der Waals surface area (Å²) in [6.45, 7) is 7.65. The third-order valence-corrected chi connectivity index (χ3v) is 3.75. The van der Waals surface area contributed by atoms with E-state index in [0.29, 0.717) is 12.3 Å². The number of methoxy groups -OCH3 is 1. The molecule has 0 fully saturated rings. The molecule has 126 valence electrons. The molecule has 0 aliphatic carbocycles. The Morgan fingerprint density at radius 3 is 2.32 bits per heavy atom. The monoisotopic (exact) mass is 312 g/mol. The minimum absolute atomic E-state index is 0.0615. The highest BCUT2D eigenvalue weighted by Crippen LogP contribution is 2.21. The predicted molar refractivity (Wildman–Crippen MR) is 85.8 cm³/mol. The summed E-state index contributed by atoms with van der Waals surface area (Å²) in [5, 5.41) is 17.9. The van der Waals surface area contributed by atoms with Gasteiger partial charge in [0.25, 0.3) is 0 Å². The van der Waals surface area contributed by atoms with Gasteiger partial charge >= 0.3 is 11.9 Å². The number of hydrogen-bond donors (Lipinski definition) is 2. The SMILES string of the molecule is COC(C)(C)CCC[C@H](C)C/C=C(C(=O)O)/C(C)=C/C(=O)O. The van der Waals surface area contributed by atoms with Crippen molar-refractivity contribution in [1.29, 1.82) is 0 Å². The van der Waals surface area contributed by atoms with Gasteiger partial charge in [-0.15, -0.1) is 0 Å². The summed E-state index contributed by atoms with van der Waals surface area (Å²) in [4.78, 5) is 21.8. The lowest BCUT2D eigenvalue weighted by molar-refractivity contribution is -0.132. The van der Waals surface area contributed by atoms with E-state index in [-0.39, 0.29) is 16.7 Å². The fourth-order valence-electron chi connectivity index (χ4n) is 2.10. The zero-order chi connectivity index (χ0) is 17.3. The highest BCUT2D eigenvalue weighted by molar-refractivity contribution is 5.94. The highest BCUT2D eigenvalue weighted by atomic mass is 16.5. The molecule has 0 amide bonds. The maximum atomic E-state index is 11.2. The molecule has 0 saturated heterocycles. The quantitative estimate of drug-likeness (QED) is 0.475. The van der Waals surface area contributed by atoms with E-state index in [0.717, 1.165) is 25.3 Å². The van der Waals surface area contributed by atoms with Gasteiger partial charge in [-0.2, -0.15) is 0 Å². The van der Waals surface area contributed by atoms with Crippen molar-refractivity contribution in [3.63, 3.8) is 0 Å². The molecule has 0 aliphatic heterocycles. The zero-order valence-electron chi connectivity index (χ0n) is 14.2. The molecule has 2 N–H and O–H groups in total. The number of hydrogen-bond acceptors (Lipinski definition) is 3. The molecule has 0 radical (unpaired) electrons. The number of carboxylic acid groups (broad SMARTS) is 2. The Balaban J connectivity index is 4.57. The van der Waals surface area contributed by atoms with Crippen LogP contribution in [-0.2, 0) is 14.3 Å². The molecule has 5 heteroatoms. The van der Waals surface area contributed by atoms with Crippen molar-refractivity contribution in [2.24, 2.45) is 5.92 Å². The van der Waals surface area contributed by atoms with Gasteiger partial charge in [0.15, 0.2) is 0 Å². The maximum Gasteiger partial charge on any atom is 0.335 e. The van der Waals surface area contributed by atoms with Crippen LogP contribution in [0.4, 0.5) is 0 Å². The van der Waals surface area contributed by atoms with E-state index >= 15 is 0 Å². The first-order chi connectivity index (χ1) is 10.1. The Labute approximate surface area is 132 Å². The number of ether oxygens (including phenoxy) is 1. The van der Waals surface area contributed by atoms with Crippen LogP contribution >= 0.6 is 0 Å². The Hall–Kier alpha value is -1.62. The third-order valence-electron chi connectivity index (χ3n) is 3.75. The van der Waals surface area contributed by atoms with E-state index in [9.17, 15) is 9.59 Å². The van der Waals surface area contributed by atoms with Crippen molar-refractivity contribution in [2.75, 3.05) is 7.11 Å². The molecule has 0 rings (SSSR count). The first-order valence-corrected chi connectivity index (χ1v) is 7.49. The fraction of sp³-hybridized carbons (Fsp3) is 0.647. The van der Waals surface area contributed by atoms with Gasteiger partial charge < -0.3 is 14.9 Å². The molecular weight excluding hydrogens is 284 g/mol. The number of rotatable bonds is 10. The standard InChI is InChI=1S/C17H28O5/c1-12(7-6-10-17(3,4)22-5)8-9-14(16(20)21)13(2)11-15(18)19/h9,11-12H,6-8,10H2,1-5H3,(H,18,19)(H,20,21)/b13-11+,14-9-/t12-/m0/s1. The summed E-state index contributed by atoms with van der Waals surface area (Å²) < 4.78 is 5.36. The lowest BCUT2D eigenvalue weighted by atomic mass is 9.93. The predicted octanol–water partition coefficient (Wildman–Crippen LogP) is 3.65. The molecule has 0 saturated carbocycles. The molecule has 0 aliphatic rings. The summed E-state index contributed by atoms with van der Waals surface area (Å²) in [7, 11) is 1.70. The summed E-state index contributed by atoms with van der Waals surface area (Å²) in [6.07, 6.45) is 6.07. The maximum absolute atomic E-state index is 11.2. The smallest absolute Gasteiger partial charge is 0.335 e. The summed E-state index contributed by atoms with van der Waals surface area (Å²) in [5.41, 5.74) is 0.182. The second-order valence-corrected chi connectivity index (χ2v) is 6.29. The summed E-state index contributed by atoms with van der Waals surface area (Å²) >= 11 is 0. The Morgan fingerprint density at radius 2 is 1.86 bits per heavy atom. The lowest BCUT2D eigenvalue weighted by Gasteiger charge is -2.23. The van der Waals surface area contributed by atoms with Gasteiger partial charge in [0.2, 0.25) is 0 Å². The minimum atomic E-state index is -1.14. The lowest BCUT2D eigenvalue weighted by Crippen LogP contribution is -2.22. The van der Waals surface area contributed by atoms with Crippen molar-refractivity contribution in [3.05, 3.63) is 23.3 Å². The number of allylic oxidation sites excluding steroid dienone is 1. The topological polar surface area (TPSA) is 83.8 Å². The van der Waals surface area contributed by atoms with Gasteiger partial charge in [0.1, 0.15) is 0 Å². The van der Waals surface area contributed by atoms with Crippen LogP contribution in [0.5, 0.6) is 0 Å². The average Bonchev–Trinajstić information content (AvgIpc) is 2.37. The van der Waals surface area contributed by atoms with Crippen LogP contribution in [0, 0.1) is 5.92 Å². The molecule has 0 bridgehead atoms. The van der Waals surface area contributed by atoms with Crippen molar-refractivity contribution < 1.29 is 24.5 Å². The number of carbonyl (C=O) groups is 2. The van der Waals surface area contributed by atoms with Gasteiger partial charge in [0.05, 0.1) is 11.2 Å². The van der Waals surface area contributed by atoms with Crippen LogP contribution in [0.1, 0.15) is 53.4 Å². The summed E-state index contributed by atoms with van der Waals surface area (Å²) in [5.74, 6) is -1.90. The Bertz CT molecular complexity index is 446. The fourth-order valence-corrected chi connectivity index (χ4v) is 2.10. The molecular formula is C17H28O5. The van der Waals surface area contributed by atoms with Crippen LogP contribution in [0.2, 0.25) is 0 Å². The normalized spacial score (nSPS) is 14.8. The molecule has 0 aromatic carbocycles. The van der Waals surface area contributed by atoms with Gasteiger partial charge in [-0.1, -0.05) is 25.8 Å². The van der Waals surface area contributed by atoms with Crippen LogP contribution in [0.15, 0.2) is 23.3 Å². The van der Waals surface area contributed by atoms with E-state index in [1.54, 1.807) is 13.2 Å². The van der Waals surface area contributed by atoms with Crippen LogP contribution < -0.4 is 0 Å². The van der Waals surface area contributed by atoms with E-state index < -0.39 is 11.9 Å². The second-order valence-electron chi connectivity index (χ2n) is 6.29. The molecule has 5 nitrogen and oxygen atoms in total. The van der Waals surface area contributed by atoms with E-state index in [2.05, 4.69) is 6.92 Å². The first-order valence-electron chi connectivity index (χ1n) is 7.49. The van der Waals surface area contributed by atoms with Gasteiger partial charge in [-0.25, -0.2) is 9.59 Å². The Morgan fingerprint density at radius 1 is 1.27 bits per heavy atom. The first kappa shape index (κ1) is 20.4. The van der Waals surface area contributed by atoms with Crippen molar-refractivity contribution in [3.8, 4) is 0 Å². The molecule has 0 unspecified atom stereocenters. The van der Waals surface area contributed by atoms with Gasteiger partial charge in [0, 0.05) is 13.2 Å². The largest absolute Gasteiger partial charge is 0.478 e. The third kappa shape index (κ3) is 8.62. The van der Waals surface area contributed by atoms with E-state index in [4.69, 9.17) is 14.9 Å². The van der Waals surface area contributed by atoms with Crippen molar-refractivity contribution in [1.82, 2.24) is 0 Å². The Kier molecular flexibility index (Phi) is 8.72. The van der Waals surface area contributed by atoms with Crippen LogP contribution in [0.25, 0.3) is 0 Å². The van der Waals surface area contributed by atoms with Gasteiger partial charge in [-0.3, -0.25) is 0 Å². The zero-order valence-corrected chi connectivity index (χ0v) is 14.2. The number of aliphatic carboxylic acids is 2. The van der Waals surface area contributed by atoms with E-state index in [1.165, 1.54) is 6.92 Å². The molecule has 1 atom stereocenters. The molecule has 22 heavy (non-hydrogen) atoms. The molecule has 0 heterocycles. The molecule has 0 aromatic rings. The minimum Gasteiger partial charge on any atom is -0.478 e. The van der Waals surface area contributed by atoms with Crippen molar-refractivity contribution >= 4 is 11.9 Å². The number of carboxylic acids is 2. The second kappa shape index (κ2) is 9.41. The molecule has 0 aromatic heterocycles. The average molecular weight is 312 g/mol. The summed E-state index contributed by atoms with van der Waals surface area (Å²) in [6, 6.07) is 0. The van der Waals surface area contributed by atoms with Crippen LogP contribution in [0.3, 0.4) is 0 Å². The van der Waals surface area contributed by atoms with Crippen molar-refractivity contribution in [2.45, 2.75) is 59.0 Å². The van der Waals surface area contributed by atoms with Gasteiger partial charge in [-0.05, 0) is 45.1 Å². The van der Waals surface area contributed by atoms with E-state index in [1.807, 2.05) is 13.8 Å². The van der Waals surface area contributed by atoms with Crippen LogP contribution in [-0.4, -0.2) is 34.9 Å². The highest BCUT2D eigenvalue weighted by Gasteiger charge is 2.16. The molecule has 0 spiro atoms.